The molecule has 6 heteroatoms. The second-order valence-electron chi connectivity index (χ2n) is 6.26. The topological polar surface area (TPSA) is 74.6 Å². The van der Waals surface area contributed by atoms with Gasteiger partial charge in [0.05, 0.1) is 23.7 Å². The molecule has 0 spiro atoms. The van der Waals surface area contributed by atoms with Gasteiger partial charge in [0.2, 0.25) is 0 Å². The molecule has 0 bridgehead atoms. The zero-order chi connectivity index (χ0) is 16.3. The lowest BCUT2D eigenvalue weighted by Gasteiger charge is -2.32. The van der Waals surface area contributed by atoms with Crippen LogP contribution in [0.5, 0.6) is 0 Å². The van der Waals surface area contributed by atoms with Crippen molar-refractivity contribution >= 4 is 9.84 Å². The molecule has 120 valence electrons. The first-order valence-corrected chi connectivity index (χ1v) is 8.44. The molecule has 1 aromatic rings. The second kappa shape index (κ2) is 6.42. The summed E-state index contributed by atoms with van der Waals surface area (Å²) in [7, 11) is -3.42. The fourth-order valence-electron chi connectivity index (χ4n) is 2.04. The summed E-state index contributed by atoms with van der Waals surface area (Å²) >= 11 is 0. The molecule has 0 amide bonds. The zero-order valence-corrected chi connectivity index (χ0v) is 13.5. The first kappa shape index (κ1) is 18.1. The van der Waals surface area contributed by atoms with Crippen molar-refractivity contribution in [2.75, 3.05) is 19.0 Å². The number of hydrogen-bond donors (Lipinski definition) is 2. The molecule has 21 heavy (non-hydrogen) atoms. The molecule has 0 radical (unpaired) electrons. The molecule has 0 aliphatic rings. The lowest BCUT2D eigenvalue weighted by atomic mass is 9.79. The Hall–Kier alpha value is -0.980. The molecule has 0 aliphatic carbocycles. The van der Waals surface area contributed by atoms with Crippen molar-refractivity contribution in [3.8, 4) is 0 Å². The molecule has 0 saturated heterocycles. The number of sulfone groups is 1. The molecule has 0 aromatic heterocycles. The molecule has 2 N–H and O–H groups in total. The lowest BCUT2D eigenvalue weighted by Crippen LogP contribution is -2.40. The van der Waals surface area contributed by atoms with Crippen LogP contribution >= 0.6 is 0 Å². The summed E-state index contributed by atoms with van der Waals surface area (Å²) < 4.78 is 37.4. The van der Waals surface area contributed by atoms with Crippen LogP contribution in [0.2, 0.25) is 0 Å². The van der Waals surface area contributed by atoms with E-state index in [0.717, 1.165) is 0 Å². The lowest BCUT2D eigenvalue weighted by molar-refractivity contribution is 0.111. The largest absolute Gasteiger partial charge is 0.395 e. The summed E-state index contributed by atoms with van der Waals surface area (Å²) in [5.74, 6) is -0.792. The summed E-state index contributed by atoms with van der Waals surface area (Å²) in [6.07, 6.45) is -0.0411. The predicted octanol–water partition coefficient (Wildman–Crippen LogP) is 1.65. The van der Waals surface area contributed by atoms with Gasteiger partial charge in [0.15, 0.2) is 9.84 Å². The van der Waals surface area contributed by atoms with E-state index in [-0.39, 0.29) is 17.7 Å². The zero-order valence-electron chi connectivity index (χ0n) is 12.6. The third-order valence-corrected chi connectivity index (χ3v) is 6.44. The van der Waals surface area contributed by atoms with Crippen molar-refractivity contribution in [3.05, 3.63) is 35.6 Å². The number of aliphatic hydroxyl groups excluding tert-OH is 2. The van der Waals surface area contributed by atoms with Crippen LogP contribution in [-0.2, 0) is 15.3 Å². The van der Waals surface area contributed by atoms with Gasteiger partial charge in [0, 0.05) is 5.41 Å². The van der Waals surface area contributed by atoms with Crippen molar-refractivity contribution in [3.63, 3.8) is 0 Å². The van der Waals surface area contributed by atoms with Crippen molar-refractivity contribution in [2.24, 2.45) is 0 Å². The third-order valence-electron chi connectivity index (χ3n) is 3.83. The minimum Gasteiger partial charge on any atom is -0.395 e. The van der Waals surface area contributed by atoms with Gasteiger partial charge in [0.25, 0.3) is 0 Å². The van der Waals surface area contributed by atoms with Crippen LogP contribution in [0.1, 0.15) is 32.8 Å². The monoisotopic (exact) mass is 318 g/mol. The highest BCUT2D eigenvalue weighted by molar-refractivity contribution is 7.92. The van der Waals surface area contributed by atoms with Crippen molar-refractivity contribution in [1.82, 2.24) is 0 Å². The molecular formula is C15H23FO4S. The van der Waals surface area contributed by atoms with Crippen molar-refractivity contribution in [2.45, 2.75) is 37.4 Å². The number of benzene rings is 1. The van der Waals surface area contributed by atoms with Crippen LogP contribution in [0, 0.1) is 5.82 Å². The standard InChI is InChI=1S/C15H23FO4S/c1-14(2,3)21(19,20)9-8-15(10-17,11-18)12-6-4-5-7-13(12)16/h4-7,17-18H,8-11H2,1-3H3. The minimum absolute atomic E-state index is 0.0411. The Morgan fingerprint density at radius 3 is 2.05 bits per heavy atom. The summed E-state index contributed by atoms with van der Waals surface area (Å²) in [5.41, 5.74) is -1.16. The summed E-state index contributed by atoms with van der Waals surface area (Å²) in [4.78, 5) is 0. The Morgan fingerprint density at radius 1 is 1.10 bits per heavy atom. The summed E-state index contributed by atoms with van der Waals surface area (Å²) in [6, 6.07) is 5.79. The van der Waals surface area contributed by atoms with E-state index in [0.29, 0.717) is 0 Å². The molecule has 0 heterocycles. The van der Waals surface area contributed by atoms with E-state index in [4.69, 9.17) is 0 Å². The van der Waals surface area contributed by atoms with Crippen LogP contribution in [0.25, 0.3) is 0 Å². The quantitative estimate of drug-likeness (QED) is 0.836. The van der Waals surface area contributed by atoms with Gasteiger partial charge < -0.3 is 10.2 Å². The predicted molar refractivity (Wildman–Crippen MR) is 80.4 cm³/mol. The van der Waals surface area contributed by atoms with E-state index in [1.54, 1.807) is 26.8 Å². The SMILES string of the molecule is CC(C)(C)S(=O)(=O)CCC(CO)(CO)c1ccccc1F. The van der Waals surface area contributed by atoms with E-state index in [9.17, 15) is 23.0 Å². The average Bonchev–Trinajstić information content (AvgIpc) is 2.41. The van der Waals surface area contributed by atoms with Crippen molar-refractivity contribution in [1.29, 1.82) is 0 Å². The fraction of sp³-hybridized carbons (Fsp3) is 0.600. The summed E-state index contributed by atoms with van der Waals surface area (Å²) in [6.45, 7) is 3.72. The van der Waals surface area contributed by atoms with E-state index in [2.05, 4.69) is 0 Å². The average molecular weight is 318 g/mol. The first-order valence-electron chi connectivity index (χ1n) is 6.79. The van der Waals surface area contributed by atoms with E-state index >= 15 is 0 Å². The molecule has 0 aliphatic heterocycles. The fourth-order valence-corrected chi connectivity index (χ4v) is 3.31. The van der Waals surface area contributed by atoms with E-state index in [1.165, 1.54) is 18.2 Å². The van der Waals surface area contributed by atoms with Crippen LogP contribution in [0.3, 0.4) is 0 Å². The molecule has 0 saturated carbocycles. The molecule has 0 fully saturated rings. The first-order chi connectivity index (χ1) is 9.59. The van der Waals surface area contributed by atoms with E-state index < -0.39 is 39.0 Å². The van der Waals surface area contributed by atoms with Crippen LogP contribution in [0.15, 0.2) is 24.3 Å². The maximum absolute atomic E-state index is 13.9. The summed E-state index contributed by atoms with van der Waals surface area (Å²) in [5, 5.41) is 19.3. The number of halogens is 1. The van der Waals surface area contributed by atoms with Gasteiger partial charge in [-0.3, -0.25) is 0 Å². The van der Waals surface area contributed by atoms with Crippen LogP contribution < -0.4 is 0 Å². The third kappa shape index (κ3) is 3.81. The van der Waals surface area contributed by atoms with Gasteiger partial charge in [-0.25, -0.2) is 12.8 Å². The molecule has 0 atom stereocenters. The Balaban J connectivity index is 3.12. The second-order valence-corrected chi connectivity index (χ2v) is 9.12. The molecule has 1 rings (SSSR count). The maximum Gasteiger partial charge on any atom is 0.155 e. The molecule has 0 unspecified atom stereocenters. The molecule has 4 nitrogen and oxygen atoms in total. The Labute approximate surface area is 125 Å². The number of aliphatic hydroxyl groups is 2. The normalized spacial score (nSPS) is 13.4. The van der Waals surface area contributed by atoms with Gasteiger partial charge in [-0.05, 0) is 38.8 Å². The van der Waals surface area contributed by atoms with Crippen LogP contribution in [0.4, 0.5) is 4.39 Å². The minimum atomic E-state index is -3.42. The number of hydrogen-bond acceptors (Lipinski definition) is 4. The smallest absolute Gasteiger partial charge is 0.155 e. The Kier molecular flexibility index (Phi) is 5.52. The Bertz CT molecular complexity index is 572. The maximum atomic E-state index is 13.9. The van der Waals surface area contributed by atoms with Gasteiger partial charge >= 0.3 is 0 Å². The highest BCUT2D eigenvalue weighted by Crippen LogP contribution is 2.31. The van der Waals surface area contributed by atoms with Crippen LogP contribution in [-0.4, -0.2) is 42.3 Å². The van der Waals surface area contributed by atoms with Gasteiger partial charge in [-0.2, -0.15) is 0 Å². The van der Waals surface area contributed by atoms with Gasteiger partial charge in [0.1, 0.15) is 5.82 Å². The molecular weight excluding hydrogens is 295 g/mol. The molecule has 1 aromatic carbocycles. The van der Waals surface area contributed by atoms with Gasteiger partial charge in [-0.15, -0.1) is 0 Å². The van der Waals surface area contributed by atoms with Gasteiger partial charge in [-0.1, -0.05) is 18.2 Å². The van der Waals surface area contributed by atoms with E-state index in [1.807, 2.05) is 0 Å². The Morgan fingerprint density at radius 2 is 1.62 bits per heavy atom. The highest BCUT2D eigenvalue weighted by Gasteiger charge is 2.37. The highest BCUT2D eigenvalue weighted by atomic mass is 32.2. The number of rotatable bonds is 6. The van der Waals surface area contributed by atoms with Crippen molar-refractivity contribution < 1.29 is 23.0 Å².